The lowest BCUT2D eigenvalue weighted by Crippen LogP contribution is -2.17. The molecule has 0 atom stereocenters. The van der Waals surface area contributed by atoms with Crippen molar-refractivity contribution in [2.45, 2.75) is 34.6 Å². The molecule has 0 saturated heterocycles. The zero-order valence-corrected chi connectivity index (χ0v) is 11.0. The fourth-order valence-corrected chi connectivity index (χ4v) is 0.841. The zero-order chi connectivity index (χ0) is 13.4. The molecule has 5 heteroatoms. The van der Waals surface area contributed by atoms with Gasteiger partial charge in [0.2, 0.25) is 0 Å². The number of esters is 1. The molecule has 96 valence electrons. The van der Waals surface area contributed by atoms with E-state index in [4.69, 9.17) is 4.74 Å². The normalized spacial score (nSPS) is 12.6. The van der Waals surface area contributed by atoms with E-state index in [0.29, 0.717) is 5.92 Å². The Morgan fingerprint density at radius 2 is 1.94 bits per heavy atom. The van der Waals surface area contributed by atoms with E-state index in [1.54, 1.807) is 6.92 Å². The van der Waals surface area contributed by atoms with Crippen molar-refractivity contribution in [2.24, 2.45) is 11.0 Å². The van der Waals surface area contributed by atoms with Crippen LogP contribution in [0.5, 0.6) is 0 Å². The number of carbonyl (C=O) groups is 2. The van der Waals surface area contributed by atoms with Crippen molar-refractivity contribution in [3.05, 3.63) is 11.8 Å². The van der Waals surface area contributed by atoms with Gasteiger partial charge >= 0.3 is 5.97 Å². The van der Waals surface area contributed by atoms with E-state index >= 15 is 0 Å². The molecule has 0 radical (unpaired) electrons. The number of nitrogens with one attached hydrogen (secondary N) is 1. The molecular formula is C12H20N2O3. The molecule has 0 spiro atoms. The number of hydrogen-bond acceptors (Lipinski definition) is 5. The predicted molar refractivity (Wildman–Crippen MR) is 66.5 cm³/mol. The highest BCUT2D eigenvalue weighted by molar-refractivity contribution is 6.16. The van der Waals surface area contributed by atoms with Gasteiger partial charge < -0.3 is 4.74 Å². The summed E-state index contributed by atoms with van der Waals surface area (Å²) in [5.74, 6) is -0.683. The Morgan fingerprint density at radius 1 is 1.35 bits per heavy atom. The molecular weight excluding hydrogens is 220 g/mol. The van der Waals surface area contributed by atoms with Crippen LogP contribution in [0.2, 0.25) is 0 Å². The number of Topliss-reactive ketones (excluding diaryl/α,β-unsaturated/α-hetero) is 1. The van der Waals surface area contributed by atoms with E-state index < -0.39 is 5.97 Å². The van der Waals surface area contributed by atoms with Crippen LogP contribution in [0.25, 0.3) is 0 Å². The molecule has 0 bridgehead atoms. The van der Waals surface area contributed by atoms with Crippen LogP contribution in [0.1, 0.15) is 34.6 Å². The maximum Gasteiger partial charge on any atom is 0.343 e. The second-order valence-corrected chi connectivity index (χ2v) is 3.87. The molecule has 0 aromatic rings. The van der Waals surface area contributed by atoms with Crippen LogP contribution in [0.15, 0.2) is 16.9 Å². The number of hydrogen-bond donors (Lipinski definition) is 1. The third-order valence-electron chi connectivity index (χ3n) is 2.16. The third-order valence-corrected chi connectivity index (χ3v) is 2.16. The smallest absolute Gasteiger partial charge is 0.343 e. The van der Waals surface area contributed by atoms with E-state index in [2.05, 4.69) is 10.5 Å². The predicted octanol–water partition coefficient (Wildman–Crippen LogP) is 1.64. The van der Waals surface area contributed by atoms with Crippen molar-refractivity contribution >= 4 is 17.5 Å². The minimum Gasteiger partial charge on any atom is -0.462 e. The molecule has 0 aliphatic heterocycles. The van der Waals surface area contributed by atoms with E-state index in [1.165, 1.54) is 13.1 Å². The number of carbonyl (C=O) groups excluding carboxylic acids is 2. The Labute approximate surface area is 102 Å². The number of rotatable bonds is 6. The average Bonchev–Trinajstić information content (AvgIpc) is 2.23. The van der Waals surface area contributed by atoms with Gasteiger partial charge in [-0.05, 0) is 26.7 Å². The van der Waals surface area contributed by atoms with E-state index in [9.17, 15) is 9.59 Å². The van der Waals surface area contributed by atoms with Gasteiger partial charge in [-0.3, -0.25) is 10.2 Å². The van der Waals surface area contributed by atoms with E-state index in [1.807, 2.05) is 20.8 Å². The number of hydrazone groups is 1. The molecule has 1 N–H and O–H groups in total. The van der Waals surface area contributed by atoms with Gasteiger partial charge in [-0.2, -0.15) is 5.10 Å². The standard InChI is InChI=1S/C12H20N2O3/c1-6-17-12(16)11(10(5)15)7-13-14-9(4)8(2)3/h7-8,13H,6H2,1-5H3. The second-order valence-electron chi connectivity index (χ2n) is 3.87. The van der Waals surface area contributed by atoms with Gasteiger partial charge in [0.1, 0.15) is 5.57 Å². The first-order chi connectivity index (χ1) is 7.90. The zero-order valence-electron chi connectivity index (χ0n) is 11.0. The Morgan fingerprint density at radius 3 is 2.35 bits per heavy atom. The fourth-order valence-electron chi connectivity index (χ4n) is 0.841. The number of ketones is 1. The van der Waals surface area contributed by atoms with Gasteiger partial charge in [-0.1, -0.05) is 13.8 Å². The van der Waals surface area contributed by atoms with Crippen LogP contribution < -0.4 is 5.43 Å². The van der Waals surface area contributed by atoms with Crippen molar-refractivity contribution < 1.29 is 14.3 Å². The molecule has 0 aromatic heterocycles. The lowest BCUT2D eigenvalue weighted by molar-refractivity contribution is -0.139. The van der Waals surface area contributed by atoms with Crippen LogP contribution in [0.4, 0.5) is 0 Å². The van der Waals surface area contributed by atoms with E-state index in [-0.39, 0.29) is 18.0 Å². The molecule has 0 amide bonds. The maximum atomic E-state index is 11.4. The van der Waals surface area contributed by atoms with Crippen molar-refractivity contribution in [3.8, 4) is 0 Å². The summed E-state index contributed by atoms with van der Waals surface area (Å²) < 4.78 is 4.75. The minimum absolute atomic E-state index is 0.0350. The lowest BCUT2D eigenvalue weighted by Gasteiger charge is -2.05. The lowest BCUT2D eigenvalue weighted by atomic mass is 10.1. The first-order valence-corrected chi connectivity index (χ1v) is 5.58. The van der Waals surface area contributed by atoms with Gasteiger partial charge in [0.05, 0.1) is 6.61 Å². The topological polar surface area (TPSA) is 67.8 Å². The van der Waals surface area contributed by atoms with Crippen molar-refractivity contribution in [2.75, 3.05) is 6.61 Å². The minimum atomic E-state index is -0.634. The quantitative estimate of drug-likeness (QED) is 0.191. The van der Waals surface area contributed by atoms with Gasteiger partial charge in [0, 0.05) is 11.9 Å². The Balaban J connectivity index is 4.68. The summed E-state index contributed by atoms with van der Waals surface area (Å²) in [6.07, 6.45) is 1.27. The fraction of sp³-hybridized carbons (Fsp3) is 0.583. The Kier molecular flexibility index (Phi) is 6.86. The Hall–Kier alpha value is -1.65. The third kappa shape index (κ3) is 5.85. The molecule has 0 rings (SSSR count). The molecule has 5 nitrogen and oxygen atoms in total. The van der Waals surface area contributed by atoms with Gasteiger partial charge in [-0.15, -0.1) is 0 Å². The molecule has 0 fully saturated rings. The van der Waals surface area contributed by atoms with Crippen LogP contribution in [-0.4, -0.2) is 24.1 Å². The molecule has 0 aliphatic carbocycles. The number of ether oxygens (including phenoxy) is 1. The van der Waals surface area contributed by atoms with Gasteiger partial charge in [0.25, 0.3) is 0 Å². The van der Waals surface area contributed by atoms with Crippen LogP contribution in [0, 0.1) is 5.92 Å². The summed E-state index contributed by atoms with van der Waals surface area (Å²) >= 11 is 0. The highest BCUT2D eigenvalue weighted by atomic mass is 16.5. The first-order valence-electron chi connectivity index (χ1n) is 5.58. The average molecular weight is 240 g/mol. The molecule has 0 aromatic carbocycles. The summed E-state index contributed by atoms with van der Waals surface area (Å²) in [7, 11) is 0. The first kappa shape index (κ1) is 15.3. The van der Waals surface area contributed by atoms with Crippen LogP contribution in [-0.2, 0) is 14.3 Å². The SMILES string of the molecule is CCOC(=O)C(=CNN=C(C)C(C)C)C(C)=O. The van der Waals surface area contributed by atoms with Crippen molar-refractivity contribution in [3.63, 3.8) is 0 Å². The monoisotopic (exact) mass is 240 g/mol. The second kappa shape index (κ2) is 7.60. The largest absolute Gasteiger partial charge is 0.462 e. The summed E-state index contributed by atoms with van der Waals surface area (Å²) in [6.45, 7) is 9.09. The summed E-state index contributed by atoms with van der Waals surface area (Å²) in [5.41, 5.74) is 3.44. The Bertz CT molecular complexity index is 344. The number of nitrogens with zero attached hydrogens (tertiary/aromatic N) is 1. The summed E-state index contributed by atoms with van der Waals surface area (Å²) in [4.78, 5) is 22.6. The molecule has 17 heavy (non-hydrogen) atoms. The van der Waals surface area contributed by atoms with Crippen LogP contribution in [0.3, 0.4) is 0 Å². The summed E-state index contributed by atoms with van der Waals surface area (Å²) in [6, 6.07) is 0. The van der Waals surface area contributed by atoms with E-state index in [0.717, 1.165) is 5.71 Å². The van der Waals surface area contributed by atoms with Gasteiger partial charge in [-0.25, -0.2) is 4.79 Å². The molecule has 0 saturated carbocycles. The molecule has 0 aliphatic rings. The highest BCUT2D eigenvalue weighted by Crippen LogP contribution is 1.99. The summed E-state index contributed by atoms with van der Waals surface area (Å²) in [5, 5.41) is 4.02. The maximum absolute atomic E-state index is 11.4. The van der Waals surface area contributed by atoms with Crippen LogP contribution >= 0.6 is 0 Å². The van der Waals surface area contributed by atoms with Crippen molar-refractivity contribution in [1.82, 2.24) is 5.43 Å². The molecule has 0 heterocycles. The highest BCUT2D eigenvalue weighted by Gasteiger charge is 2.15. The van der Waals surface area contributed by atoms with Gasteiger partial charge in [0.15, 0.2) is 5.78 Å². The molecule has 0 unspecified atom stereocenters. The van der Waals surface area contributed by atoms with Crippen molar-refractivity contribution in [1.29, 1.82) is 0 Å².